The van der Waals surface area contributed by atoms with E-state index >= 15 is 0 Å². The largest absolute Gasteiger partial charge is 0.462 e. The van der Waals surface area contributed by atoms with E-state index < -0.39 is 5.97 Å². The van der Waals surface area contributed by atoms with E-state index in [4.69, 9.17) is 4.74 Å². The SMILES string of the molecule is CCOC(=O)c1ccc(C(=O)NCc2cccc(NC(=O)Cn3cccn3)c2)nc1C. The van der Waals surface area contributed by atoms with Crippen molar-refractivity contribution < 1.29 is 19.1 Å². The minimum atomic E-state index is -0.467. The van der Waals surface area contributed by atoms with Gasteiger partial charge in [0.25, 0.3) is 5.91 Å². The van der Waals surface area contributed by atoms with Crippen molar-refractivity contribution in [3.63, 3.8) is 0 Å². The first-order valence-corrected chi connectivity index (χ1v) is 9.75. The van der Waals surface area contributed by atoms with E-state index in [1.165, 1.54) is 16.8 Å². The number of pyridine rings is 1. The van der Waals surface area contributed by atoms with E-state index in [-0.39, 0.29) is 37.2 Å². The molecule has 0 spiro atoms. The van der Waals surface area contributed by atoms with Gasteiger partial charge in [0.05, 0.1) is 17.9 Å². The summed E-state index contributed by atoms with van der Waals surface area (Å²) in [6.07, 6.45) is 3.32. The van der Waals surface area contributed by atoms with Crippen molar-refractivity contribution in [3.05, 3.63) is 77.4 Å². The monoisotopic (exact) mass is 421 g/mol. The molecule has 2 N–H and O–H groups in total. The van der Waals surface area contributed by atoms with Gasteiger partial charge in [-0.05, 0) is 49.7 Å². The van der Waals surface area contributed by atoms with E-state index in [0.717, 1.165) is 5.56 Å². The first-order chi connectivity index (χ1) is 15.0. The van der Waals surface area contributed by atoms with Gasteiger partial charge in [-0.1, -0.05) is 12.1 Å². The van der Waals surface area contributed by atoms with Crippen LogP contribution in [0.1, 0.15) is 39.0 Å². The van der Waals surface area contributed by atoms with Gasteiger partial charge in [0.15, 0.2) is 0 Å². The summed E-state index contributed by atoms with van der Waals surface area (Å²) in [4.78, 5) is 40.6. The number of nitrogens with zero attached hydrogens (tertiary/aromatic N) is 3. The third-order valence-electron chi connectivity index (χ3n) is 4.34. The number of amides is 2. The highest BCUT2D eigenvalue weighted by Gasteiger charge is 2.14. The number of nitrogens with one attached hydrogen (secondary N) is 2. The van der Waals surface area contributed by atoms with Gasteiger partial charge in [-0.2, -0.15) is 5.10 Å². The van der Waals surface area contributed by atoms with Crippen molar-refractivity contribution in [1.29, 1.82) is 0 Å². The zero-order chi connectivity index (χ0) is 22.2. The van der Waals surface area contributed by atoms with Gasteiger partial charge >= 0.3 is 5.97 Å². The molecule has 2 heterocycles. The lowest BCUT2D eigenvalue weighted by Crippen LogP contribution is -2.24. The third kappa shape index (κ3) is 5.99. The Balaban J connectivity index is 1.57. The standard InChI is InChI=1S/C22H23N5O4/c1-3-31-22(30)18-8-9-19(25-15(18)2)21(29)23-13-16-6-4-7-17(12-16)26-20(28)14-27-11-5-10-24-27/h4-12H,3,13-14H2,1-2H3,(H,23,29)(H,26,28). The summed E-state index contributed by atoms with van der Waals surface area (Å²) in [5.74, 6) is -1.04. The van der Waals surface area contributed by atoms with Crippen LogP contribution in [-0.2, 0) is 22.6 Å². The highest BCUT2D eigenvalue weighted by molar-refractivity contribution is 5.95. The Kier molecular flexibility index (Phi) is 7.10. The second-order valence-corrected chi connectivity index (χ2v) is 6.68. The predicted octanol–water partition coefficient (Wildman–Crippen LogP) is 2.33. The van der Waals surface area contributed by atoms with Gasteiger partial charge < -0.3 is 15.4 Å². The highest BCUT2D eigenvalue weighted by Crippen LogP contribution is 2.12. The van der Waals surface area contributed by atoms with Crippen LogP contribution in [0.5, 0.6) is 0 Å². The zero-order valence-electron chi connectivity index (χ0n) is 17.3. The topological polar surface area (TPSA) is 115 Å². The smallest absolute Gasteiger partial charge is 0.339 e. The van der Waals surface area contributed by atoms with Gasteiger partial charge in [0.2, 0.25) is 5.91 Å². The van der Waals surface area contributed by atoms with Gasteiger partial charge in [-0.15, -0.1) is 0 Å². The number of esters is 1. The molecule has 0 aliphatic carbocycles. The molecule has 1 aromatic carbocycles. The average Bonchev–Trinajstić information content (AvgIpc) is 3.25. The molecule has 0 bridgehead atoms. The molecule has 0 unspecified atom stereocenters. The normalized spacial score (nSPS) is 10.4. The maximum absolute atomic E-state index is 12.4. The van der Waals surface area contributed by atoms with Gasteiger partial charge in [0.1, 0.15) is 12.2 Å². The number of ether oxygens (including phenoxy) is 1. The van der Waals surface area contributed by atoms with Crippen LogP contribution in [-0.4, -0.2) is 39.2 Å². The number of hydrogen-bond donors (Lipinski definition) is 2. The van der Waals surface area contributed by atoms with Crippen molar-refractivity contribution in [2.24, 2.45) is 0 Å². The molecule has 3 aromatic rings. The number of aryl methyl sites for hydroxylation is 1. The van der Waals surface area contributed by atoms with E-state index in [1.54, 1.807) is 50.5 Å². The fraction of sp³-hybridized carbons (Fsp3) is 0.227. The van der Waals surface area contributed by atoms with Gasteiger partial charge in [-0.3, -0.25) is 14.3 Å². The molecular formula is C22H23N5O4. The Bertz CT molecular complexity index is 1080. The molecule has 160 valence electrons. The van der Waals surface area contributed by atoms with Gasteiger partial charge in [0, 0.05) is 24.6 Å². The Hall–Kier alpha value is -4.01. The molecular weight excluding hydrogens is 398 g/mol. The maximum Gasteiger partial charge on any atom is 0.339 e. The summed E-state index contributed by atoms with van der Waals surface area (Å²) in [5.41, 5.74) is 2.39. The molecule has 3 rings (SSSR count). The van der Waals surface area contributed by atoms with Crippen molar-refractivity contribution in [1.82, 2.24) is 20.1 Å². The molecule has 31 heavy (non-hydrogen) atoms. The average molecular weight is 421 g/mol. The predicted molar refractivity (Wildman–Crippen MR) is 113 cm³/mol. The molecule has 0 fully saturated rings. The summed E-state index contributed by atoms with van der Waals surface area (Å²) < 4.78 is 6.50. The van der Waals surface area contributed by atoms with Crippen LogP contribution in [0, 0.1) is 6.92 Å². The highest BCUT2D eigenvalue weighted by atomic mass is 16.5. The molecule has 9 heteroatoms. The summed E-state index contributed by atoms with van der Waals surface area (Å²) in [7, 11) is 0. The molecule has 9 nitrogen and oxygen atoms in total. The number of anilines is 1. The van der Waals surface area contributed by atoms with Crippen molar-refractivity contribution in [2.45, 2.75) is 26.9 Å². The quantitative estimate of drug-likeness (QED) is 0.540. The number of aromatic nitrogens is 3. The maximum atomic E-state index is 12.4. The van der Waals surface area contributed by atoms with E-state index in [1.807, 2.05) is 6.07 Å². The number of benzene rings is 1. The summed E-state index contributed by atoms with van der Waals surface area (Å²) >= 11 is 0. The lowest BCUT2D eigenvalue weighted by molar-refractivity contribution is -0.116. The van der Waals surface area contributed by atoms with E-state index in [9.17, 15) is 14.4 Å². The first kappa shape index (κ1) is 21.7. The number of rotatable bonds is 8. The second-order valence-electron chi connectivity index (χ2n) is 6.68. The lowest BCUT2D eigenvalue weighted by Gasteiger charge is -2.10. The number of carbonyl (C=O) groups is 3. The van der Waals surface area contributed by atoms with Crippen LogP contribution in [0.25, 0.3) is 0 Å². The molecule has 2 aromatic heterocycles. The molecule has 2 amide bonds. The fourth-order valence-corrected chi connectivity index (χ4v) is 2.89. The zero-order valence-corrected chi connectivity index (χ0v) is 17.3. The fourth-order valence-electron chi connectivity index (χ4n) is 2.89. The first-order valence-electron chi connectivity index (χ1n) is 9.75. The summed E-state index contributed by atoms with van der Waals surface area (Å²) in [6.45, 7) is 4.01. The van der Waals surface area contributed by atoms with E-state index in [0.29, 0.717) is 16.9 Å². The molecule has 0 aliphatic heterocycles. The van der Waals surface area contributed by atoms with Crippen molar-refractivity contribution in [3.8, 4) is 0 Å². The molecule has 0 saturated heterocycles. The van der Waals surface area contributed by atoms with Crippen LogP contribution in [0.3, 0.4) is 0 Å². The van der Waals surface area contributed by atoms with Crippen LogP contribution < -0.4 is 10.6 Å². The lowest BCUT2D eigenvalue weighted by atomic mass is 10.1. The Morgan fingerprint density at radius 1 is 1.13 bits per heavy atom. The van der Waals surface area contributed by atoms with E-state index in [2.05, 4.69) is 20.7 Å². The Morgan fingerprint density at radius 2 is 1.97 bits per heavy atom. The van der Waals surface area contributed by atoms with Gasteiger partial charge in [-0.25, -0.2) is 9.78 Å². The molecule has 0 aliphatic rings. The van der Waals surface area contributed by atoms with Crippen molar-refractivity contribution in [2.75, 3.05) is 11.9 Å². The minimum Gasteiger partial charge on any atom is -0.462 e. The summed E-state index contributed by atoms with van der Waals surface area (Å²) in [5, 5.41) is 9.59. The molecule has 0 saturated carbocycles. The third-order valence-corrected chi connectivity index (χ3v) is 4.34. The van der Waals surface area contributed by atoms with Crippen LogP contribution in [0.2, 0.25) is 0 Å². The number of hydrogen-bond acceptors (Lipinski definition) is 6. The van der Waals surface area contributed by atoms with Crippen LogP contribution in [0.15, 0.2) is 54.9 Å². The van der Waals surface area contributed by atoms with Crippen LogP contribution >= 0.6 is 0 Å². The Morgan fingerprint density at radius 3 is 2.68 bits per heavy atom. The van der Waals surface area contributed by atoms with Crippen LogP contribution in [0.4, 0.5) is 5.69 Å². The summed E-state index contributed by atoms with van der Waals surface area (Å²) in [6, 6.07) is 11.9. The minimum absolute atomic E-state index is 0.112. The molecule has 0 atom stereocenters. The number of carbonyl (C=O) groups excluding carboxylic acids is 3. The molecule has 0 radical (unpaired) electrons. The second kappa shape index (κ2) is 10.1. The Labute approximate surface area is 179 Å². The van der Waals surface area contributed by atoms with Crippen molar-refractivity contribution >= 4 is 23.5 Å².